The van der Waals surface area contributed by atoms with Crippen molar-refractivity contribution >= 4 is 28.2 Å². The van der Waals surface area contributed by atoms with Gasteiger partial charge in [-0.1, -0.05) is 18.2 Å². The van der Waals surface area contributed by atoms with Gasteiger partial charge in [-0.15, -0.1) is 6.58 Å². The zero-order valence-electron chi connectivity index (χ0n) is 14.4. The molecule has 1 aromatic carbocycles. The lowest BCUT2D eigenvalue weighted by molar-refractivity contribution is 1.11. The zero-order chi connectivity index (χ0) is 18.1. The Kier molecular flexibility index (Phi) is 3.86. The van der Waals surface area contributed by atoms with Gasteiger partial charge in [0.25, 0.3) is 0 Å². The zero-order valence-corrected chi connectivity index (χ0v) is 14.4. The number of nitrogens with zero attached hydrogens (tertiary/aromatic N) is 4. The number of imidazole rings is 1. The second-order valence-electron chi connectivity index (χ2n) is 6.05. The number of rotatable bonds is 4. The van der Waals surface area contributed by atoms with Gasteiger partial charge in [0.2, 0.25) is 0 Å². The Balaban J connectivity index is 2.14. The van der Waals surface area contributed by atoms with Crippen LogP contribution in [0.15, 0.2) is 61.4 Å². The van der Waals surface area contributed by atoms with Crippen LogP contribution in [0.2, 0.25) is 0 Å². The standard InChI is InChI=1S/C21H17N5/c1-3-6-16-14(2)17(13-22)21-25-18-7-4-5-8-19(18)26(21)20(16)24-15-9-11-23-12-10-15/h3-5,7-12H,1,6H2,2H3,(H,23,24). The Morgan fingerprint density at radius 3 is 2.73 bits per heavy atom. The molecule has 5 heteroatoms. The average molecular weight is 339 g/mol. The van der Waals surface area contributed by atoms with Crippen molar-refractivity contribution in [1.82, 2.24) is 14.4 Å². The van der Waals surface area contributed by atoms with Crippen molar-refractivity contribution in [2.24, 2.45) is 0 Å². The van der Waals surface area contributed by atoms with Gasteiger partial charge < -0.3 is 5.32 Å². The Labute approximate surface area is 151 Å². The van der Waals surface area contributed by atoms with Crippen LogP contribution in [0.3, 0.4) is 0 Å². The molecule has 26 heavy (non-hydrogen) atoms. The van der Waals surface area contributed by atoms with E-state index in [9.17, 15) is 5.26 Å². The van der Waals surface area contributed by atoms with E-state index in [4.69, 9.17) is 4.98 Å². The van der Waals surface area contributed by atoms with Gasteiger partial charge in [0.05, 0.1) is 16.6 Å². The summed E-state index contributed by atoms with van der Waals surface area (Å²) in [5.74, 6) is 0.899. The quantitative estimate of drug-likeness (QED) is 0.555. The van der Waals surface area contributed by atoms with E-state index >= 15 is 0 Å². The summed E-state index contributed by atoms with van der Waals surface area (Å²) in [7, 11) is 0. The number of pyridine rings is 2. The first-order valence-corrected chi connectivity index (χ1v) is 8.35. The third-order valence-corrected chi connectivity index (χ3v) is 4.52. The number of fused-ring (bicyclic) bond motifs is 3. The van der Waals surface area contributed by atoms with Crippen molar-refractivity contribution in [3.63, 3.8) is 0 Å². The smallest absolute Gasteiger partial charge is 0.157 e. The Hall–Kier alpha value is -3.65. The molecule has 0 atom stereocenters. The van der Waals surface area contributed by atoms with Crippen molar-refractivity contribution in [2.45, 2.75) is 13.3 Å². The molecule has 126 valence electrons. The van der Waals surface area contributed by atoms with E-state index in [1.54, 1.807) is 12.4 Å². The summed E-state index contributed by atoms with van der Waals surface area (Å²) in [4.78, 5) is 8.79. The third kappa shape index (κ3) is 2.40. The Morgan fingerprint density at radius 2 is 2.00 bits per heavy atom. The maximum absolute atomic E-state index is 9.76. The van der Waals surface area contributed by atoms with Gasteiger partial charge in [-0.2, -0.15) is 5.26 Å². The number of allylic oxidation sites excluding steroid dienone is 1. The van der Waals surface area contributed by atoms with E-state index in [0.717, 1.165) is 33.7 Å². The average Bonchev–Trinajstić information content (AvgIpc) is 3.05. The fourth-order valence-corrected chi connectivity index (χ4v) is 3.28. The molecule has 0 saturated carbocycles. The lowest BCUT2D eigenvalue weighted by Gasteiger charge is -2.18. The molecule has 3 aromatic heterocycles. The van der Waals surface area contributed by atoms with Crippen LogP contribution in [0.5, 0.6) is 0 Å². The molecular weight excluding hydrogens is 322 g/mol. The number of para-hydroxylation sites is 2. The van der Waals surface area contributed by atoms with Gasteiger partial charge >= 0.3 is 0 Å². The van der Waals surface area contributed by atoms with E-state index in [2.05, 4.69) is 22.9 Å². The van der Waals surface area contributed by atoms with Crippen LogP contribution in [0, 0.1) is 18.3 Å². The summed E-state index contributed by atoms with van der Waals surface area (Å²) in [6.45, 7) is 5.85. The number of aromatic nitrogens is 3. The molecule has 0 fully saturated rings. The molecule has 0 radical (unpaired) electrons. The summed E-state index contributed by atoms with van der Waals surface area (Å²) < 4.78 is 2.03. The van der Waals surface area contributed by atoms with Crippen LogP contribution in [0.25, 0.3) is 16.7 Å². The predicted molar refractivity (Wildman–Crippen MR) is 104 cm³/mol. The highest BCUT2D eigenvalue weighted by atomic mass is 15.1. The van der Waals surface area contributed by atoms with Gasteiger partial charge in [0, 0.05) is 23.6 Å². The number of hydrogen-bond donors (Lipinski definition) is 1. The molecule has 3 heterocycles. The number of benzene rings is 1. The summed E-state index contributed by atoms with van der Waals surface area (Å²) >= 11 is 0. The molecule has 0 saturated heterocycles. The molecule has 4 aromatic rings. The second-order valence-corrected chi connectivity index (χ2v) is 6.05. The Morgan fingerprint density at radius 1 is 1.23 bits per heavy atom. The fraction of sp³-hybridized carbons (Fsp3) is 0.0952. The maximum atomic E-state index is 9.76. The highest BCUT2D eigenvalue weighted by Crippen LogP contribution is 2.33. The van der Waals surface area contributed by atoms with E-state index < -0.39 is 0 Å². The lowest BCUT2D eigenvalue weighted by atomic mass is 10.0. The molecule has 5 nitrogen and oxygen atoms in total. The van der Waals surface area contributed by atoms with E-state index in [-0.39, 0.29) is 0 Å². The third-order valence-electron chi connectivity index (χ3n) is 4.52. The molecule has 0 aliphatic heterocycles. The van der Waals surface area contributed by atoms with Crippen LogP contribution in [-0.2, 0) is 6.42 Å². The molecule has 0 unspecified atom stereocenters. The monoisotopic (exact) mass is 339 g/mol. The second kappa shape index (κ2) is 6.34. The summed E-state index contributed by atoms with van der Waals surface area (Å²) in [6, 6.07) is 14.1. The number of hydrogen-bond acceptors (Lipinski definition) is 4. The minimum Gasteiger partial charge on any atom is -0.341 e. The number of nitriles is 1. The summed E-state index contributed by atoms with van der Waals surface area (Å²) in [5.41, 5.74) is 5.95. The molecular formula is C21H17N5. The first-order valence-electron chi connectivity index (χ1n) is 8.35. The SMILES string of the molecule is C=CCc1c(C)c(C#N)c2nc3ccccc3n2c1Nc1ccncc1. The predicted octanol–water partition coefficient (Wildman–Crippen LogP) is 4.53. The minimum atomic E-state index is 0.596. The van der Waals surface area contributed by atoms with Crippen molar-refractivity contribution in [1.29, 1.82) is 5.26 Å². The maximum Gasteiger partial charge on any atom is 0.157 e. The number of anilines is 2. The molecule has 1 N–H and O–H groups in total. The van der Waals surface area contributed by atoms with Gasteiger partial charge in [-0.25, -0.2) is 4.98 Å². The summed E-state index contributed by atoms with van der Waals surface area (Å²) in [5, 5.41) is 13.3. The van der Waals surface area contributed by atoms with Crippen LogP contribution >= 0.6 is 0 Å². The lowest BCUT2D eigenvalue weighted by Crippen LogP contribution is -2.08. The summed E-state index contributed by atoms with van der Waals surface area (Å²) in [6.07, 6.45) is 5.99. The van der Waals surface area contributed by atoms with Crippen LogP contribution < -0.4 is 5.32 Å². The minimum absolute atomic E-state index is 0.596. The van der Waals surface area contributed by atoms with Crippen LogP contribution in [0.1, 0.15) is 16.7 Å². The fourth-order valence-electron chi connectivity index (χ4n) is 3.28. The topological polar surface area (TPSA) is 66.0 Å². The molecule has 4 rings (SSSR count). The largest absolute Gasteiger partial charge is 0.341 e. The van der Waals surface area contributed by atoms with Gasteiger partial charge in [0.1, 0.15) is 11.9 Å². The van der Waals surface area contributed by atoms with Crippen molar-refractivity contribution in [3.8, 4) is 6.07 Å². The van der Waals surface area contributed by atoms with E-state index in [1.165, 1.54) is 0 Å². The molecule has 0 spiro atoms. The van der Waals surface area contributed by atoms with Gasteiger partial charge in [-0.3, -0.25) is 9.38 Å². The van der Waals surface area contributed by atoms with Crippen LogP contribution in [-0.4, -0.2) is 14.4 Å². The molecule has 0 amide bonds. The first kappa shape index (κ1) is 15.9. The highest BCUT2D eigenvalue weighted by molar-refractivity contribution is 5.87. The van der Waals surface area contributed by atoms with Crippen LogP contribution in [0.4, 0.5) is 11.5 Å². The molecule has 0 aliphatic carbocycles. The van der Waals surface area contributed by atoms with E-state index in [1.807, 2.05) is 53.8 Å². The van der Waals surface area contributed by atoms with Crippen molar-refractivity contribution in [2.75, 3.05) is 5.32 Å². The van der Waals surface area contributed by atoms with Gasteiger partial charge in [0.15, 0.2) is 5.65 Å². The van der Waals surface area contributed by atoms with Gasteiger partial charge in [-0.05, 0) is 43.2 Å². The molecule has 0 aliphatic rings. The van der Waals surface area contributed by atoms with Crippen molar-refractivity contribution in [3.05, 3.63) is 78.1 Å². The highest BCUT2D eigenvalue weighted by Gasteiger charge is 2.20. The van der Waals surface area contributed by atoms with E-state index in [0.29, 0.717) is 17.6 Å². The number of nitrogens with one attached hydrogen (secondary N) is 1. The Bertz CT molecular complexity index is 1170. The normalized spacial score (nSPS) is 10.8. The molecule has 0 bridgehead atoms. The first-order chi connectivity index (χ1) is 12.7. The van der Waals surface area contributed by atoms with Crippen molar-refractivity contribution < 1.29 is 0 Å².